The molecule has 27 heavy (non-hydrogen) atoms. The van der Waals surface area contributed by atoms with Crippen molar-refractivity contribution < 1.29 is 4.74 Å². The van der Waals surface area contributed by atoms with E-state index in [1.54, 1.807) is 12.3 Å². The molecule has 0 atom stereocenters. The van der Waals surface area contributed by atoms with Crippen molar-refractivity contribution in [2.75, 3.05) is 5.32 Å². The van der Waals surface area contributed by atoms with Crippen molar-refractivity contribution in [1.82, 2.24) is 9.97 Å². The molecule has 1 aliphatic rings. The quantitative estimate of drug-likeness (QED) is 0.633. The van der Waals surface area contributed by atoms with Gasteiger partial charge in [-0.1, -0.05) is 48.0 Å². The van der Waals surface area contributed by atoms with Gasteiger partial charge in [0, 0.05) is 18.3 Å². The molecule has 1 N–H and O–H groups in total. The number of anilines is 1. The molecule has 138 valence electrons. The van der Waals surface area contributed by atoms with Crippen LogP contribution in [-0.2, 0) is 0 Å². The Hall–Kier alpha value is -2.88. The highest BCUT2D eigenvalue weighted by Crippen LogP contribution is 2.34. The average molecular weight is 359 g/mol. The summed E-state index contributed by atoms with van der Waals surface area (Å²) in [4.78, 5) is 8.86. The molecule has 0 bridgehead atoms. The second kappa shape index (κ2) is 8.21. The minimum absolute atomic E-state index is 0.415. The van der Waals surface area contributed by atoms with Gasteiger partial charge in [0.2, 0.25) is 11.8 Å². The van der Waals surface area contributed by atoms with Crippen molar-refractivity contribution in [3.05, 3.63) is 78.0 Å². The molecule has 4 rings (SSSR count). The van der Waals surface area contributed by atoms with Gasteiger partial charge >= 0.3 is 0 Å². The number of rotatable bonds is 5. The molecular weight excluding hydrogens is 334 g/mol. The number of ether oxygens (including phenoxy) is 1. The molecule has 0 amide bonds. The van der Waals surface area contributed by atoms with Crippen LogP contribution in [-0.4, -0.2) is 16.0 Å². The molecule has 3 aromatic rings. The molecule has 1 heterocycles. The van der Waals surface area contributed by atoms with E-state index in [-0.39, 0.29) is 0 Å². The van der Waals surface area contributed by atoms with Crippen LogP contribution in [0.2, 0.25) is 0 Å². The third-order valence-corrected chi connectivity index (χ3v) is 5.20. The Morgan fingerprint density at radius 3 is 2.37 bits per heavy atom. The second-order valence-electron chi connectivity index (χ2n) is 7.24. The summed E-state index contributed by atoms with van der Waals surface area (Å²) in [6.45, 7) is 2.14. The highest BCUT2D eigenvalue weighted by Gasteiger charge is 2.22. The third kappa shape index (κ3) is 4.64. The van der Waals surface area contributed by atoms with Crippen molar-refractivity contribution in [3.8, 4) is 11.6 Å². The highest BCUT2D eigenvalue weighted by molar-refractivity contribution is 5.32. The van der Waals surface area contributed by atoms with Gasteiger partial charge in [-0.3, -0.25) is 0 Å². The first-order valence-electron chi connectivity index (χ1n) is 9.65. The summed E-state index contributed by atoms with van der Waals surface area (Å²) in [6.07, 6.45) is 6.39. The van der Waals surface area contributed by atoms with E-state index >= 15 is 0 Å². The fourth-order valence-corrected chi connectivity index (χ4v) is 3.67. The van der Waals surface area contributed by atoms with Crippen molar-refractivity contribution in [2.45, 2.75) is 44.6 Å². The Labute approximate surface area is 160 Å². The summed E-state index contributed by atoms with van der Waals surface area (Å²) in [7, 11) is 0. The maximum absolute atomic E-state index is 5.80. The predicted octanol–water partition coefficient (Wildman–Crippen LogP) is 5.72. The summed E-state index contributed by atoms with van der Waals surface area (Å²) in [5.74, 6) is 2.65. The van der Waals surface area contributed by atoms with Gasteiger partial charge in [0.1, 0.15) is 5.75 Å². The smallest absolute Gasteiger partial charge is 0.226 e. The molecule has 0 saturated heterocycles. The number of nitrogens with zero attached hydrogens (tertiary/aromatic N) is 2. The van der Waals surface area contributed by atoms with Crippen LogP contribution in [0.15, 0.2) is 66.9 Å². The minimum Gasteiger partial charge on any atom is -0.439 e. The monoisotopic (exact) mass is 359 g/mol. The molecule has 1 fully saturated rings. The summed E-state index contributed by atoms with van der Waals surface area (Å²) in [5, 5.41) is 3.49. The first-order chi connectivity index (χ1) is 13.3. The molecule has 4 heteroatoms. The highest BCUT2D eigenvalue weighted by atomic mass is 16.5. The van der Waals surface area contributed by atoms with Gasteiger partial charge in [0.15, 0.2) is 0 Å². The summed E-state index contributed by atoms with van der Waals surface area (Å²) < 4.78 is 5.80. The van der Waals surface area contributed by atoms with E-state index < -0.39 is 0 Å². The zero-order valence-corrected chi connectivity index (χ0v) is 15.6. The van der Waals surface area contributed by atoms with Crippen LogP contribution in [0.25, 0.3) is 0 Å². The average Bonchev–Trinajstić information content (AvgIpc) is 2.70. The largest absolute Gasteiger partial charge is 0.439 e. The maximum Gasteiger partial charge on any atom is 0.226 e. The molecular formula is C23H25N3O. The normalized spacial score (nSPS) is 19.4. The van der Waals surface area contributed by atoms with E-state index in [4.69, 9.17) is 4.74 Å². The van der Waals surface area contributed by atoms with Crippen molar-refractivity contribution in [3.63, 3.8) is 0 Å². The van der Waals surface area contributed by atoms with Crippen LogP contribution in [0.5, 0.6) is 11.6 Å². The standard InChI is InChI=1S/C23H25N3O/c1-17-7-9-18(10-8-17)19-11-13-20(14-12-19)25-23-24-16-15-22(26-23)27-21-5-3-2-4-6-21/h2-10,15-16,19-20H,11-14H2,1H3,(H,24,25,26). The number of para-hydroxylation sites is 1. The number of aromatic nitrogens is 2. The van der Waals surface area contributed by atoms with Gasteiger partial charge < -0.3 is 10.1 Å². The molecule has 0 radical (unpaired) electrons. The van der Waals surface area contributed by atoms with Crippen LogP contribution in [0.1, 0.15) is 42.7 Å². The molecule has 0 aliphatic heterocycles. The van der Waals surface area contributed by atoms with Gasteiger partial charge in [-0.2, -0.15) is 4.98 Å². The fourth-order valence-electron chi connectivity index (χ4n) is 3.67. The van der Waals surface area contributed by atoms with E-state index in [2.05, 4.69) is 46.5 Å². The van der Waals surface area contributed by atoms with Gasteiger partial charge in [0.25, 0.3) is 0 Å². The molecule has 1 saturated carbocycles. The lowest BCUT2D eigenvalue weighted by Gasteiger charge is -2.29. The second-order valence-corrected chi connectivity index (χ2v) is 7.24. The van der Waals surface area contributed by atoms with Crippen LogP contribution in [0.3, 0.4) is 0 Å². The maximum atomic E-state index is 5.80. The van der Waals surface area contributed by atoms with Crippen LogP contribution in [0.4, 0.5) is 5.95 Å². The van der Waals surface area contributed by atoms with E-state index in [9.17, 15) is 0 Å². The van der Waals surface area contributed by atoms with Gasteiger partial charge in [-0.15, -0.1) is 0 Å². The van der Waals surface area contributed by atoms with E-state index in [0.29, 0.717) is 23.8 Å². The zero-order chi connectivity index (χ0) is 18.5. The summed E-state index contributed by atoms with van der Waals surface area (Å²) >= 11 is 0. The minimum atomic E-state index is 0.415. The number of benzene rings is 2. The molecule has 0 spiro atoms. The lowest BCUT2D eigenvalue weighted by molar-refractivity contribution is 0.410. The fraction of sp³-hybridized carbons (Fsp3) is 0.304. The van der Waals surface area contributed by atoms with Crippen molar-refractivity contribution in [1.29, 1.82) is 0 Å². The molecule has 2 aromatic carbocycles. The topological polar surface area (TPSA) is 47.0 Å². The number of aryl methyl sites for hydroxylation is 1. The van der Waals surface area contributed by atoms with Gasteiger partial charge in [0.05, 0.1) is 0 Å². The van der Waals surface area contributed by atoms with Crippen LogP contribution in [0, 0.1) is 6.92 Å². The lowest BCUT2D eigenvalue weighted by atomic mass is 9.81. The summed E-state index contributed by atoms with van der Waals surface area (Å²) in [5.41, 5.74) is 2.79. The number of nitrogens with one attached hydrogen (secondary N) is 1. The first-order valence-corrected chi connectivity index (χ1v) is 9.65. The van der Waals surface area contributed by atoms with Crippen LogP contribution < -0.4 is 10.1 Å². The van der Waals surface area contributed by atoms with E-state index in [0.717, 1.165) is 18.6 Å². The third-order valence-electron chi connectivity index (χ3n) is 5.20. The lowest BCUT2D eigenvalue weighted by Crippen LogP contribution is -2.26. The van der Waals surface area contributed by atoms with Gasteiger partial charge in [-0.05, 0) is 56.2 Å². The molecule has 1 aromatic heterocycles. The Bertz CT molecular complexity index is 856. The van der Waals surface area contributed by atoms with E-state index in [1.165, 1.54) is 24.0 Å². The Morgan fingerprint density at radius 2 is 1.63 bits per heavy atom. The molecule has 0 unspecified atom stereocenters. The van der Waals surface area contributed by atoms with Crippen molar-refractivity contribution >= 4 is 5.95 Å². The number of hydrogen-bond acceptors (Lipinski definition) is 4. The zero-order valence-electron chi connectivity index (χ0n) is 15.6. The number of hydrogen-bond donors (Lipinski definition) is 1. The Morgan fingerprint density at radius 1 is 0.889 bits per heavy atom. The Balaban J connectivity index is 1.34. The van der Waals surface area contributed by atoms with Crippen LogP contribution >= 0.6 is 0 Å². The van der Waals surface area contributed by atoms with Gasteiger partial charge in [-0.25, -0.2) is 4.98 Å². The predicted molar refractivity (Wildman–Crippen MR) is 108 cm³/mol. The Kier molecular flexibility index (Phi) is 5.33. The first kappa shape index (κ1) is 17.5. The van der Waals surface area contributed by atoms with Crippen molar-refractivity contribution in [2.24, 2.45) is 0 Å². The molecule has 1 aliphatic carbocycles. The SMILES string of the molecule is Cc1ccc(C2CCC(Nc3nccc(Oc4ccccc4)n3)CC2)cc1. The van der Waals surface area contributed by atoms with E-state index in [1.807, 2.05) is 30.3 Å². The summed E-state index contributed by atoms with van der Waals surface area (Å²) in [6, 6.07) is 20.9. The molecule has 4 nitrogen and oxygen atoms in total.